The van der Waals surface area contributed by atoms with Crippen LogP contribution in [0.2, 0.25) is 0 Å². The molecule has 0 unspecified atom stereocenters. The molecular formula is C17H25NO3. The van der Waals surface area contributed by atoms with Crippen molar-refractivity contribution in [2.24, 2.45) is 5.92 Å². The van der Waals surface area contributed by atoms with Crippen molar-refractivity contribution in [3.63, 3.8) is 0 Å². The number of amides is 1. The molecule has 0 heterocycles. The Kier molecular flexibility index (Phi) is 7.51. The predicted octanol–water partition coefficient (Wildman–Crippen LogP) is 2.67. The molecule has 1 amide bonds. The molecule has 0 fully saturated rings. The fourth-order valence-electron chi connectivity index (χ4n) is 2.14. The van der Waals surface area contributed by atoms with Crippen LogP contribution in [0.5, 0.6) is 0 Å². The van der Waals surface area contributed by atoms with Crippen LogP contribution in [0.1, 0.15) is 32.3 Å². The van der Waals surface area contributed by atoms with Crippen LogP contribution in [0.15, 0.2) is 30.3 Å². The average molecular weight is 291 g/mol. The van der Waals surface area contributed by atoms with Crippen LogP contribution in [-0.2, 0) is 20.7 Å². The number of carbonyl (C=O) groups is 2. The molecule has 0 saturated heterocycles. The first-order valence-corrected chi connectivity index (χ1v) is 7.41. The summed E-state index contributed by atoms with van der Waals surface area (Å²) in [6.45, 7) is 5.23. The Balaban J connectivity index is 2.51. The normalized spacial score (nSPS) is 10.5. The zero-order chi connectivity index (χ0) is 15.7. The highest BCUT2D eigenvalue weighted by Crippen LogP contribution is 2.08. The number of ether oxygens (including phenoxy) is 1. The monoisotopic (exact) mass is 291 g/mol. The molecule has 4 nitrogen and oxygen atoms in total. The van der Waals surface area contributed by atoms with Crippen molar-refractivity contribution < 1.29 is 14.3 Å². The van der Waals surface area contributed by atoms with E-state index < -0.39 is 0 Å². The molecule has 116 valence electrons. The minimum absolute atomic E-state index is 0.0939. The van der Waals surface area contributed by atoms with Gasteiger partial charge in [0.2, 0.25) is 5.91 Å². The van der Waals surface area contributed by atoms with Gasteiger partial charge in [0.15, 0.2) is 0 Å². The van der Waals surface area contributed by atoms with E-state index in [4.69, 9.17) is 0 Å². The van der Waals surface area contributed by atoms with Crippen LogP contribution in [0.4, 0.5) is 0 Å². The van der Waals surface area contributed by atoms with Crippen molar-refractivity contribution in [1.82, 2.24) is 4.90 Å². The molecule has 21 heavy (non-hydrogen) atoms. The number of aryl methyl sites for hydroxylation is 1. The lowest BCUT2D eigenvalue weighted by atomic mass is 10.1. The van der Waals surface area contributed by atoms with Gasteiger partial charge >= 0.3 is 5.97 Å². The first-order valence-electron chi connectivity index (χ1n) is 7.41. The number of hydrogen-bond donors (Lipinski definition) is 0. The van der Waals surface area contributed by atoms with Gasteiger partial charge in [0.05, 0.1) is 13.5 Å². The highest BCUT2D eigenvalue weighted by Gasteiger charge is 2.16. The summed E-state index contributed by atoms with van der Waals surface area (Å²) in [7, 11) is 1.37. The molecule has 0 aliphatic heterocycles. The van der Waals surface area contributed by atoms with Gasteiger partial charge in [-0.1, -0.05) is 44.2 Å². The molecule has 1 aromatic rings. The van der Waals surface area contributed by atoms with Gasteiger partial charge in [-0.15, -0.1) is 0 Å². The maximum absolute atomic E-state index is 12.3. The van der Waals surface area contributed by atoms with Gasteiger partial charge < -0.3 is 9.64 Å². The van der Waals surface area contributed by atoms with E-state index in [2.05, 4.69) is 18.6 Å². The Hall–Kier alpha value is -1.84. The number of hydrogen-bond acceptors (Lipinski definition) is 3. The summed E-state index contributed by atoms with van der Waals surface area (Å²) in [5.74, 6) is 0.194. The summed E-state index contributed by atoms with van der Waals surface area (Å²) in [5.41, 5.74) is 1.16. The summed E-state index contributed by atoms with van der Waals surface area (Å²) in [6.07, 6.45) is 1.45. The van der Waals surface area contributed by atoms with Gasteiger partial charge in [-0.25, -0.2) is 0 Å². The number of esters is 1. The number of carbonyl (C=O) groups excluding carboxylic acids is 2. The molecule has 0 saturated carbocycles. The first kappa shape index (κ1) is 17.2. The van der Waals surface area contributed by atoms with E-state index >= 15 is 0 Å². The zero-order valence-corrected chi connectivity index (χ0v) is 13.2. The topological polar surface area (TPSA) is 46.6 Å². The minimum Gasteiger partial charge on any atom is -0.469 e. The second-order valence-electron chi connectivity index (χ2n) is 5.55. The molecule has 0 atom stereocenters. The van der Waals surface area contributed by atoms with E-state index in [0.717, 1.165) is 12.0 Å². The van der Waals surface area contributed by atoms with Gasteiger partial charge in [-0.05, 0) is 17.9 Å². The summed E-state index contributed by atoms with van der Waals surface area (Å²) in [5, 5.41) is 0. The van der Waals surface area contributed by atoms with Crippen LogP contribution in [0.3, 0.4) is 0 Å². The second-order valence-corrected chi connectivity index (χ2v) is 5.55. The molecule has 0 radical (unpaired) electrons. The van der Waals surface area contributed by atoms with Gasteiger partial charge in [-0.3, -0.25) is 9.59 Å². The lowest BCUT2D eigenvalue weighted by Gasteiger charge is -2.24. The smallest absolute Gasteiger partial charge is 0.307 e. The van der Waals surface area contributed by atoms with E-state index in [1.54, 1.807) is 4.90 Å². The van der Waals surface area contributed by atoms with Gasteiger partial charge in [0, 0.05) is 19.5 Å². The highest BCUT2D eigenvalue weighted by molar-refractivity contribution is 5.77. The fourth-order valence-corrected chi connectivity index (χ4v) is 2.14. The Labute approximate surface area is 127 Å². The number of rotatable bonds is 8. The summed E-state index contributed by atoms with van der Waals surface area (Å²) in [6, 6.07) is 9.96. The maximum Gasteiger partial charge on any atom is 0.307 e. The third-order valence-corrected chi connectivity index (χ3v) is 3.22. The highest BCUT2D eigenvalue weighted by atomic mass is 16.5. The van der Waals surface area contributed by atoms with E-state index in [1.807, 2.05) is 30.3 Å². The van der Waals surface area contributed by atoms with Crippen LogP contribution < -0.4 is 0 Å². The zero-order valence-electron chi connectivity index (χ0n) is 13.2. The molecular weight excluding hydrogens is 266 g/mol. The van der Waals surface area contributed by atoms with Crippen molar-refractivity contribution in [2.75, 3.05) is 20.2 Å². The van der Waals surface area contributed by atoms with Crippen molar-refractivity contribution in [2.45, 2.75) is 33.1 Å². The fraction of sp³-hybridized carbons (Fsp3) is 0.529. The summed E-state index contributed by atoms with van der Waals surface area (Å²) >= 11 is 0. The number of nitrogens with zero attached hydrogens (tertiary/aromatic N) is 1. The molecule has 0 aliphatic carbocycles. The molecule has 0 aromatic heterocycles. The van der Waals surface area contributed by atoms with Crippen molar-refractivity contribution in [3.05, 3.63) is 35.9 Å². The third kappa shape index (κ3) is 6.93. The largest absolute Gasteiger partial charge is 0.469 e. The Bertz CT molecular complexity index is 443. The van der Waals surface area contributed by atoms with Gasteiger partial charge in [-0.2, -0.15) is 0 Å². The molecule has 0 spiro atoms. The Morgan fingerprint density at radius 1 is 1.14 bits per heavy atom. The molecule has 0 bridgehead atoms. The third-order valence-electron chi connectivity index (χ3n) is 3.22. The summed E-state index contributed by atoms with van der Waals surface area (Å²) < 4.78 is 4.64. The van der Waals surface area contributed by atoms with E-state index in [-0.39, 0.29) is 18.3 Å². The molecule has 4 heteroatoms. The van der Waals surface area contributed by atoms with E-state index in [9.17, 15) is 9.59 Å². The quantitative estimate of drug-likeness (QED) is 0.692. The lowest BCUT2D eigenvalue weighted by molar-refractivity contribution is -0.141. The Morgan fingerprint density at radius 2 is 1.81 bits per heavy atom. The van der Waals surface area contributed by atoms with Gasteiger partial charge in [0.25, 0.3) is 0 Å². The molecule has 0 N–H and O–H groups in total. The van der Waals surface area contributed by atoms with Crippen LogP contribution >= 0.6 is 0 Å². The number of methoxy groups -OCH3 is 1. The van der Waals surface area contributed by atoms with Crippen LogP contribution in [0, 0.1) is 5.92 Å². The second kappa shape index (κ2) is 9.16. The van der Waals surface area contributed by atoms with Crippen LogP contribution in [0.25, 0.3) is 0 Å². The molecule has 0 aliphatic rings. The predicted molar refractivity (Wildman–Crippen MR) is 82.8 cm³/mol. The standard InChI is InChI=1S/C17H25NO3/c1-14(2)13-18(12-11-17(20)21-3)16(19)10-9-15-7-5-4-6-8-15/h4-8,14H,9-13H2,1-3H3. The lowest BCUT2D eigenvalue weighted by Crippen LogP contribution is -2.36. The maximum atomic E-state index is 12.3. The van der Waals surface area contributed by atoms with E-state index in [1.165, 1.54) is 7.11 Å². The molecule has 1 aromatic carbocycles. The van der Waals surface area contributed by atoms with Crippen molar-refractivity contribution in [1.29, 1.82) is 0 Å². The first-order chi connectivity index (χ1) is 10.0. The van der Waals surface area contributed by atoms with Crippen LogP contribution in [-0.4, -0.2) is 37.0 Å². The van der Waals surface area contributed by atoms with E-state index in [0.29, 0.717) is 25.4 Å². The van der Waals surface area contributed by atoms with Crippen molar-refractivity contribution >= 4 is 11.9 Å². The Morgan fingerprint density at radius 3 is 2.38 bits per heavy atom. The average Bonchev–Trinajstić information content (AvgIpc) is 2.49. The van der Waals surface area contributed by atoms with Gasteiger partial charge in [0.1, 0.15) is 0 Å². The summed E-state index contributed by atoms with van der Waals surface area (Å²) in [4.78, 5) is 25.3. The SMILES string of the molecule is COC(=O)CCN(CC(C)C)C(=O)CCc1ccccc1. The molecule has 1 rings (SSSR count). The van der Waals surface area contributed by atoms with Crippen molar-refractivity contribution in [3.8, 4) is 0 Å². The number of benzene rings is 1. The minimum atomic E-state index is -0.278.